The SMILES string of the molecule is Nc1ncnc(Nc2ccccc2Cl)c1N. The normalized spacial score (nSPS) is 10.1. The maximum atomic E-state index is 5.99. The van der Waals surface area contributed by atoms with E-state index in [4.69, 9.17) is 23.1 Å². The molecule has 16 heavy (non-hydrogen) atoms. The van der Waals surface area contributed by atoms with E-state index in [0.717, 1.165) is 0 Å². The van der Waals surface area contributed by atoms with E-state index in [2.05, 4.69) is 15.3 Å². The second kappa shape index (κ2) is 4.24. The van der Waals surface area contributed by atoms with Crippen LogP contribution >= 0.6 is 11.6 Å². The van der Waals surface area contributed by atoms with Gasteiger partial charge in [-0.25, -0.2) is 9.97 Å². The van der Waals surface area contributed by atoms with Crippen LogP contribution in [0, 0.1) is 0 Å². The standard InChI is InChI=1S/C10H10ClN5/c11-6-3-1-2-4-7(6)16-10-8(12)9(13)14-5-15-10/h1-5H,12H2,(H3,13,14,15,16). The summed E-state index contributed by atoms with van der Waals surface area (Å²) in [6.07, 6.45) is 1.34. The minimum Gasteiger partial charge on any atom is -0.393 e. The van der Waals surface area contributed by atoms with Gasteiger partial charge >= 0.3 is 0 Å². The first-order valence-corrected chi connectivity index (χ1v) is 4.94. The zero-order valence-electron chi connectivity index (χ0n) is 8.31. The Bertz CT molecular complexity index is 514. The van der Waals surface area contributed by atoms with Gasteiger partial charge in [-0.05, 0) is 12.1 Å². The van der Waals surface area contributed by atoms with Crippen LogP contribution in [-0.2, 0) is 0 Å². The number of benzene rings is 1. The molecular formula is C10H10ClN5. The molecule has 6 heteroatoms. The summed E-state index contributed by atoms with van der Waals surface area (Å²) in [7, 11) is 0. The third-order valence-corrected chi connectivity index (χ3v) is 2.37. The number of anilines is 4. The number of nitrogen functional groups attached to an aromatic ring is 2. The summed E-state index contributed by atoms with van der Waals surface area (Å²) < 4.78 is 0. The Morgan fingerprint density at radius 3 is 2.62 bits per heavy atom. The number of aromatic nitrogens is 2. The number of halogens is 1. The van der Waals surface area contributed by atoms with Crippen LogP contribution in [0.5, 0.6) is 0 Å². The van der Waals surface area contributed by atoms with Gasteiger partial charge in [-0.15, -0.1) is 0 Å². The van der Waals surface area contributed by atoms with E-state index in [1.54, 1.807) is 6.07 Å². The molecule has 1 heterocycles. The van der Waals surface area contributed by atoms with Crippen LogP contribution in [0.4, 0.5) is 23.0 Å². The Kier molecular flexibility index (Phi) is 2.78. The van der Waals surface area contributed by atoms with Crippen molar-refractivity contribution in [3.63, 3.8) is 0 Å². The molecule has 0 amide bonds. The number of nitrogens with one attached hydrogen (secondary N) is 1. The molecule has 0 aliphatic rings. The monoisotopic (exact) mass is 235 g/mol. The fraction of sp³-hybridized carbons (Fsp3) is 0. The van der Waals surface area contributed by atoms with E-state index in [0.29, 0.717) is 22.2 Å². The number of hydrogen-bond donors (Lipinski definition) is 3. The Labute approximate surface area is 97.5 Å². The van der Waals surface area contributed by atoms with Gasteiger partial charge in [0.2, 0.25) is 0 Å². The highest BCUT2D eigenvalue weighted by Crippen LogP contribution is 2.27. The molecule has 0 spiro atoms. The zero-order chi connectivity index (χ0) is 11.5. The molecule has 5 nitrogen and oxygen atoms in total. The largest absolute Gasteiger partial charge is 0.393 e. The molecule has 2 rings (SSSR count). The molecule has 0 atom stereocenters. The van der Waals surface area contributed by atoms with E-state index >= 15 is 0 Å². The minimum atomic E-state index is 0.240. The Morgan fingerprint density at radius 1 is 1.12 bits per heavy atom. The lowest BCUT2D eigenvalue weighted by Crippen LogP contribution is -2.04. The summed E-state index contributed by atoms with van der Waals surface area (Å²) in [6, 6.07) is 7.28. The fourth-order valence-corrected chi connectivity index (χ4v) is 1.38. The molecule has 0 fully saturated rings. The van der Waals surface area contributed by atoms with Gasteiger partial charge in [0, 0.05) is 0 Å². The molecule has 0 saturated carbocycles. The van der Waals surface area contributed by atoms with Crippen molar-refractivity contribution in [1.29, 1.82) is 0 Å². The van der Waals surface area contributed by atoms with Crippen molar-refractivity contribution < 1.29 is 0 Å². The third kappa shape index (κ3) is 1.99. The highest BCUT2D eigenvalue weighted by Gasteiger charge is 2.06. The van der Waals surface area contributed by atoms with Crippen LogP contribution in [0.3, 0.4) is 0 Å². The number of nitrogens with two attached hydrogens (primary N) is 2. The minimum absolute atomic E-state index is 0.240. The quantitative estimate of drug-likeness (QED) is 0.741. The third-order valence-electron chi connectivity index (χ3n) is 2.04. The molecule has 0 saturated heterocycles. The molecule has 0 radical (unpaired) electrons. The second-order valence-electron chi connectivity index (χ2n) is 3.13. The Morgan fingerprint density at radius 2 is 1.88 bits per heavy atom. The average Bonchev–Trinajstić information content (AvgIpc) is 2.28. The average molecular weight is 236 g/mol. The number of para-hydroxylation sites is 1. The van der Waals surface area contributed by atoms with E-state index < -0.39 is 0 Å². The molecule has 0 aliphatic carbocycles. The molecule has 5 N–H and O–H groups in total. The molecule has 82 valence electrons. The van der Waals surface area contributed by atoms with Gasteiger partial charge in [0.25, 0.3) is 0 Å². The lowest BCUT2D eigenvalue weighted by Gasteiger charge is -2.09. The van der Waals surface area contributed by atoms with Gasteiger partial charge in [0.05, 0.1) is 10.7 Å². The molecule has 0 aliphatic heterocycles. The molecule has 1 aromatic carbocycles. The highest BCUT2D eigenvalue weighted by atomic mass is 35.5. The lowest BCUT2D eigenvalue weighted by molar-refractivity contribution is 1.18. The van der Waals surface area contributed by atoms with Crippen LogP contribution in [-0.4, -0.2) is 9.97 Å². The summed E-state index contributed by atoms with van der Waals surface area (Å²) in [6.45, 7) is 0. The van der Waals surface area contributed by atoms with Gasteiger partial charge < -0.3 is 16.8 Å². The summed E-state index contributed by atoms with van der Waals surface area (Å²) in [5.74, 6) is 0.685. The van der Waals surface area contributed by atoms with Crippen molar-refractivity contribution in [3.05, 3.63) is 35.6 Å². The number of hydrogen-bond acceptors (Lipinski definition) is 5. The van der Waals surface area contributed by atoms with Gasteiger partial charge in [0.15, 0.2) is 11.6 Å². The fourth-order valence-electron chi connectivity index (χ4n) is 1.20. The van der Waals surface area contributed by atoms with Gasteiger partial charge in [-0.3, -0.25) is 0 Å². The van der Waals surface area contributed by atoms with Crippen LogP contribution in [0.1, 0.15) is 0 Å². The van der Waals surface area contributed by atoms with Crippen LogP contribution in [0.25, 0.3) is 0 Å². The van der Waals surface area contributed by atoms with Gasteiger partial charge in [-0.1, -0.05) is 23.7 Å². The Hall–Kier alpha value is -2.01. The van der Waals surface area contributed by atoms with E-state index in [-0.39, 0.29) is 5.82 Å². The zero-order valence-corrected chi connectivity index (χ0v) is 9.07. The van der Waals surface area contributed by atoms with Crippen LogP contribution in [0.2, 0.25) is 5.02 Å². The predicted molar refractivity (Wildman–Crippen MR) is 65.6 cm³/mol. The molecule has 0 unspecified atom stereocenters. The van der Waals surface area contributed by atoms with E-state index in [1.807, 2.05) is 18.2 Å². The predicted octanol–water partition coefficient (Wildman–Crippen LogP) is 2.04. The van der Waals surface area contributed by atoms with E-state index in [9.17, 15) is 0 Å². The summed E-state index contributed by atoms with van der Waals surface area (Å²) in [5, 5.41) is 3.58. The van der Waals surface area contributed by atoms with Gasteiger partial charge in [-0.2, -0.15) is 0 Å². The Balaban J connectivity index is 2.35. The van der Waals surface area contributed by atoms with Crippen molar-refractivity contribution in [3.8, 4) is 0 Å². The summed E-state index contributed by atoms with van der Waals surface area (Å²) in [5.41, 5.74) is 12.3. The number of nitrogens with zero attached hydrogens (tertiary/aromatic N) is 2. The smallest absolute Gasteiger partial charge is 0.159 e. The molecule has 0 bridgehead atoms. The van der Waals surface area contributed by atoms with E-state index in [1.165, 1.54) is 6.33 Å². The lowest BCUT2D eigenvalue weighted by atomic mass is 10.3. The maximum Gasteiger partial charge on any atom is 0.159 e. The van der Waals surface area contributed by atoms with Crippen LogP contribution < -0.4 is 16.8 Å². The summed E-state index contributed by atoms with van der Waals surface area (Å²) in [4.78, 5) is 7.76. The van der Waals surface area contributed by atoms with Gasteiger partial charge in [0.1, 0.15) is 12.0 Å². The van der Waals surface area contributed by atoms with Crippen molar-refractivity contribution >= 4 is 34.6 Å². The first-order chi connectivity index (χ1) is 7.68. The van der Waals surface area contributed by atoms with Crippen LogP contribution in [0.15, 0.2) is 30.6 Å². The highest BCUT2D eigenvalue weighted by molar-refractivity contribution is 6.33. The summed E-state index contributed by atoms with van der Waals surface area (Å²) >= 11 is 5.99. The van der Waals surface area contributed by atoms with Crippen molar-refractivity contribution in [2.24, 2.45) is 0 Å². The maximum absolute atomic E-state index is 5.99. The first kappa shape index (κ1) is 10.5. The molecular weight excluding hydrogens is 226 g/mol. The topological polar surface area (TPSA) is 89.8 Å². The van der Waals surface area contributed by atoms with Crippen molar-refractivity contribution in [2.75, 3.05) is 16.8 Å². The van der Waals surface area contributed by atoms with Crippen molar-refractivity contribution in [1.82, 2.24) is 9.97 Å². The molecule has 2 aromatic rings. The number of rotatable bonds is 2. The first-order valence-electron chi connectivity index (χ1n) is 4.56. The van der Waals surface area contributed by atoms with Crippen molar-refractivity contribution in [2.45, 2.75) is 0 Å². The second-order valence-corrected chi connectivity index (χ2v) is 3.53. The molecule has 1 aromatic heterocycles.